The molecule has 1 aromatic carbocycles. The number of aliphatic hydroxyl groups is 2. The second-order valence-electron chi connectivity index (χ2n) is 3.61. The van der Waals surface area contributed by atoms with Crippen molar-refractivity contribution in [2.75, 3.05) is 6.61 Å². The van der Waals surface area contributed by atoms with Crippen molar-refractivity contribution in [2.24, 2.45) is 5.92 Å². The van der Waals surface area contributed by atoms with E-state index in [0.717, 1.165) is 11.1 Å². The van der Waals surface area contributed by atoms with Gasteiger partial charge in [0.15, 0.2) is 0 Å². The molecule has 2 heteroatoms. The third-order valence-electron chi connectivity index (χ3n) is 2.17. The molecule has 0 fully saturated rings. The highest BCUT2D eigenvalue weighted by atomic mass is 16.3. The van der Waals surface area contributed by atoms with E-state index in [9.17, 15) is 0 Å². The maximum atomic E-state index is 9.07. The first-order chi connectivity index (χ1) is 7.27. The molecule has 0 aromatic heterocycles. The molecule has 1 aromatic rings. The van der Waals surface area contributed by atoms with Crippen molar-refractivity contribution in [3.63, 3.8) is 0 Å². The lowest BCUT2D eigenvalue weighted by Gasteiger charge is -2.01. The van der Waals surface area contributed by atoms with Gasteiger partial charge in [0.05, 0.1) is 6.61 Å². The molecule has 15 heavy (non-hydrogen) atoms. The van der Waals surface area contributed by atoms with Gasteiger partial charge in [0.2, 0.25) is 0 Å². The summed E-state index contributed by atoms with van der Waals surface area (Å²) in [7, 11) is 0. The van der Waals surface area contributed by atoms with Crippen LogP contribution < -0.4 is 0 Å². The molecular weight excluding hydrogens is 188 g/mol. The van der Waals surface area contributed by atoms with Crippen molar-refractivity contribution >= 4 is 0 Å². The molecule has 0 bridgehead atoms. The summed E-state index contributed by atoms with van der Waals surface area (Å²) in [4.78, 5) is 0. The lowest BCUT2D eigenvalue weighted by molar-refractivity contribution is 0.240. The van der Waals surface area contributed by atoms with E-state index in [0.29, 0.717) is 6.42 Å². The normalized spacial score (nSPS) is 11.7. The van der Waals surface area contributed by atoms with Crippen molar-refractivity contribution < 1.29 is 10.2 Å². The first kappa shape index (κ1) is 11.8. The Bertz CT molecular complexity index is 360. The van der Waals surface area contributed by atoms with E-state index in [1.54, 1.807) is 0 Å². The summed E-state index contributed by atoms with van der Waals surface area (Å²) in [5.41, 5.74) is 1.71. The van der Waals surface area contributed by atoms with Crippen LogP contribution in [0.4, 0.5) is 0 Å². The van der Waals surface area contributed by atoms with Gasteiger partial charge in [0.1, 0.15) is 0 Å². The van der Waals surface area contributed by atoms with Crippen molar-refractivity contribution in [3.05, 3.63) is 35.4 Å². The Hall–Kier alpha value is -1.30. The molecule has 80 valence electrons. The van der Waals surface area contributed by atoms with Crippen LogP contribution in [0, 0.1) is 17.8 Å². The smallest absolute Gasteiger partial charge is 0.0694 e. The number of aliphatic hydroxyl groups excluding tert-OH is 2. The minimum absolute atomic E-state index is 0.0143. The molecule has 0 aliphatic heterocycles. The van der Waals surface area contributed by atoms with Gasteiger partial charge in [-0.2, -0.15) is 0 Å². The van der Waals surface area contributed by atoms with Crippen LogP contribution in [-0.4, -0.2) is 16.8 Å². The molecule has 0 saturated carbocycles. The van der Waals surface area contributed by atoms with Gasteiger partial charge >= 0.3 is 0 Å². The first-order valence-corrected chi connectivity index (χ1v) is 5.06. The molecule has 1 unspecified atom stereocenters. The highest BCUT2D eigenvalue weighted by molar-refractivity contribution is 5.40. The van der Waals surface area contributed by atoms with Gasteiger partial charge in [-0.05, 0) is 17.5 Å². The van der Waals surface area contributed by atoms with Crippen molar-refractivity contribution in [2.45, 2.75) is 20.0 Å². The first-order valence-electron chi connectivity index (χ1n) is 5.06. The average molecular weight is 204 g/mol. The maximum Gasteiger partial charge on any atom is 0.0694 e. The lowest BCUT2D eigenvalue weighted by Crippen LogP contribution is -1.98. The number of benzene rings is 1. The Morgan fingerprint density at radius 2 is 2.00 bits per heavy atom. The summed E-state index contributed by atoms with van der Waals surface area (Å²) in [5, 5.41) is 17.9. The number of rotatable bonds is 3. The van der Waals surface area contributed by atoms with E-state index in [1.807, 2.05) is 31.2 Å². The molecular formula is C13H16O2. The van der Waals surface area contributed by atoms with Crippen LogP contribution in [0.2, 0.25) is 0 Å². The molecule has 0 aliphatic carbocycles. The monoisotopic (exact) mass is 204 g/mol. The maximum absolute atomic E-state index is 9.07. The Morgan fingerprint density at radius 3 is 2.67 bits per heavy atom. The van der Waals surface area contributed by atoms with Crippen LogP contribution >= 0.6 is 0 Å². The summed E-state index contributed by atoms with van der Waals surface area (Å²) in [6, 6.07) is 7.54. The Kier molecular flexibility index (Phi) is 4.89. The second-order valence-corrected chi connectivity index (χ2v) is 3.61. The third-order valence-corrected chi connectivity index (χ3v) is 2.17. The van der Waals surface area contributed by atoms with Gasteiger partial charge < -0.3 is 10.2 Å². The van der Waals surface area contributed by atoms with Crippen LogP contribution in [0.15, 0.2) is 24.3 Å². The van der Waals surface area contributed by atoms with Crippen LogP contribution in [0.25, 0.3) is 0 Å². The van der Waals surface area contributed by atoms with E-state index >= 15 is 0 Å². The van der Waals surface area contributed by atoms with E-state index in [1.165, 1.54) is 0 Å². The Labute approximate surface area is 90.6 Å². The second kappa shape index (κ2) is 6.23. The summed E-state index contributed by atoms with van der Waals surface area (Å²) < 4.78 is 0. The molecule has 1 rings (SSSR count). The fourth-order valence-corrected chi connectivity index (χ4v) is 1.17. The Morgan fingerprint density at radius 1 is 1.27 bits per heavy atom. The molecule has 0 aliphatic rings. The molecule has 2 nitrogen and oxygen atoms in total. The van der Waals surface area contributed by atoms with E-state index in [4.69, 9.17) is 10.2 Å². The van der Waals surface area contributed by atoms with E-state index in [-0.39, 0.29) is 19.1 Å². The fourth-order valence-electron chi connectivity index (χ4n) is 1.17. The lowest BCUT2D eigenvalue weighted by atomic mass is 10.1. The van der Waals surface area contributed by atoms with Crippen LogP contribution in [0.5, 0.6) is 0 Å². The summed E-state index contributed by atoms with van der Waals surface area (Å²) in [6.45, 7) is 2.13. The fraction of sp³-hybridized carbons (Fsp3) is 0.385. The predicted molar refractivity (Wildman–Crippen MR) is 60.1 cm³/mol. The summed E-state index contributed by atoms with van der Waals surface area (Å²) in [6.07, 6.45) is 0.677. The van der Waals surface area contributed by atoms with Crippen molar-refractivity contribution in [3.8, 4) is 11.8 Å². The van der Waals surface area contributed by atoms with Crippen molar-refractivity contribution in [1.82, 2.24) is 0 Å². The SMILES string of the molecule is CC(CO)CC#Cc1ccccc1CO. The zero-order valence-electron chi connectivity index (χ0n) is 8.90. The van der Waals surface area contributed by atoms with Gasteiger partial charge in [0, 0.05) is 18.6 Å². The Balaban J connectivity index is 2.70. The van der Waals surface area contributed by atoms with E-state index in [2.05, 4.69) is 11.8 Å². The number of hydrogen-bond donors (Lipinski definition) is 2. The van der Waals surface area contributed by atoms with Gasteiger partial charge in [-0.1, -0.05) is 37.0 Å². The highest BCUT2D eigenvalue weighted by Gasteiger charge is 1.97. The zero-order chi connectivity index (χ0) is 11.1. The zero-order valence-corrected chi connectivity index (χ0v) is 8.90. The van der Waals surface area contributed by atoms with Crippen LogP contribution in [0.3, 0.4) is 0 Å². The van der Waals surface area contributed by atoms with Gasteiger partial charge in [-0.15, -0.1) is 0 Å². The van der Waals surface area contributed by atoms with Gasteiger partial charge in [-0.3, -0.25) is 0 Å². The number of hydrogen-bond acceptors (Lipinski definition) is 2. The van der Waals surface area contributed by atoms with Crippen LogP contribution in [-0.2, 0) is 6.61 Å². The minimum atomic E-state index is 0.0143. The molecule has 0 saturated heterocycles. The standard InChI is InChI=1S/C13H16O2/c1-11(9-14)5-4-8-12-6-2-3-7-13(12)10-15/h2-3,6-7,11,14-15H,5,9-10H2,1H3. The molecule has 1 atom stereocenters. The molecule has 0 radical (unpaired) electrons. The topological polar surface area (TPSA) is 40.5 Å². The molecule has 0 spiro atoms. The van der Waals surface area contributed by atoms with Gasteiger partial charge in [-0.25, -0.2) is 0 Å². The molecule has 0 heterocycles. The minimum Gasteiger partial charge on any atom is -0.396 e. The van der Waals surface area contributed by atoms with Gasteiger partial charge in [0.25, 0.3) is 0 Å². The average Bonchev–Trinajstić information content (AvgIpc) is 2.29. The molecule has 2 N–H and O–H groups in total. The molecule has 0 amide bonds. The largest absolute Gasteiger partial charge is 0.396 e. The van der Waals surface area contributed by atoms with Crippen molar-refractivity contribution in [1.29, 1.82) is 0 Å². The quantitative estimate of drug-likeness (QED) is 0.733. The summed E-state index contributed by atoms with van der Waals surface area (Å²) in [5.74, 6) is 6.22. The summed E-state index contributed by atoms with van der Waals surface area (Å²) >= 11 is 0. The highest BCUT2D eigenvalue weighted by Crippen LogP contribution is 2.07. The third kappa shape index (κ3) is 3.75. The van der Waals surface area contributed by atoms with E-state index < -0.39 is 0 Å². The van der Waals surface area contributed by atoms with Crippen LogP contribution in [0.1, 0.15) is 24.5 Å². The predicted octanol–water partition coefficient (Wildman–Crippen LogP) is 1.55.